The number of hydrogen-bond acceptors (Lipinski definition) is 4. The molecule has 1 heterocycles. The lowest BCUT2D eigenvalue weighted by molar-refractivity contribution is 0.108. The van der Waals surface area contributed by atoms with Crippen LogP contribution in [0.1, 0.15) is 32.8 Å². The highest BCUT2D eigenvalue weighted by Crippen LogP contribution is 2.17. The number of rotatable bonds is 10. The number of hydrogen-bond donors (Lipinski definition) is 2. The smallest absolute Gasteiger partial charge is 0.191 e. The minimum atomic E-state index is 0. The van der Waals surface area contributed by atoms with Crippen molar-refractivity contribution in [1.82, 2.24) is 10.6 Å². The Balaban J connectivity index is 0.00000392. The molecular weight excluding hydrogens is 467 g/mol. The van der Waals surface area contributed by atoms with Crippen LogP contribution in [0.3, 0.4) is 0 Å². The van der Waals surface area contributed by atoms with Crippen LogP contribution in [-0.2, 0) is 16.0 Å². The van der Waals surface area contributed by atoms with Gasteiger partial charge in [0.1, 0.15) is 0 Å². The molecule has 0 atom stereocenters. The molecule has 0 saturated carbocycles. The SMILES string of the molecule is CCNC(=NCc1ccc(N2CCOCC2)cc1)NCCCOCC(C)C.I. The van der Waals surface area contributed by atoms with Gasteiger partial charge in [0.05, 0.1) is 19.8 Å². The van der Waals surface area contributed by atoms with Crippen molar-refractivity contribution in [1.29, 1.82) is 0 Å². The summed E-state index contributed by atoms with van der Waals surface area (Å²) in [6, 6.07) is 8.69. The van der Waals surface area contributed by atoms with Crippen LogP contribution in [0.5, 0.6) is 0 Å². The Hall–Kier alpha value is -1.06. The van der Waals surface area contributed by atoms with Gasteiger partial charge in [-0.1, -0.05) is 26.0 Å². The van der Waals surface area contributed by atoms with Crippen LogP contribution in [0, 0.1) is 5.92 Å². The van der Waals surface area contributed by atoms with Crippen molar-refractivity contribution in [2.45, 2.75) is 33.7 Å². The van der Waals surface area contributed by atoms with E-state index in [0.29, 0.717) is 12.5 Å². The molecule has 7 heteroatoms. The summed E-state index contributed by atoms with van der Waals surface area (Å²) in [7, 11) is 0. The van der Waals surface area contributed by atoms with Crippen LogP contribution >= 0.6 is 24.0 Å². The van der Waals surface area contributed by atoms with Crippen LogP contribution in [0.2, 0.25) is 0 Å². The molecular formula is C21H37IN4O2. The van der Waals surface area contributed by atoms with Crippen LogP contribution in [0.15, 0.2) is 29.3 Å². The van der Waals surface area contributed by atoms with Gasteiger partial charge in [-0.3, -0.25) is 0 Å². The third kappa shape index (κ3) is 9.93. The summed E-state index contributed by atoms with van der Waals surface area (Å²) in [6.07, 6.45) is 0.978. The van der Waals surface area contributed by atoms with Crippen molar-refractivity contribution in [2.24, 2.45) is 10.9 Å². The zero-order chi connectivity index (χ0) is 19.3. The predicted octanol–water partition coefficient (Wildman–Crippen LogP) is 3.26. The Morgan fingerprint density at radius 3 is 2.54 bits per heavy atom. The van der Waals surface area contributed by atoms with E-state index in [4.69, 9.17) is 14.5 Å². The highest BCUT2D eigenvalue weighted by atomic mass is 127. The fourth-order valence-electron chi connectivity index (χ4n) is 2.85. The quantitative estimate of drug-likeness (QED) is 0.222. The first-order valence-corrected chi connectivity index (χ1v) is 10.2. The number of nitrogens with one attached hydrogen (secondary N) is 2. The van der Waals surface area contributed by atoms with Crippen molar-refractivity contribution in [3.05, 3.63) is 29.8 Å². The molecule has 1 aliphatic rings. The van der Waals surface area contributed by atoms with Gasteiger partial charge < -0.3 is 25.0 Å². The van der Waals surface area contributed by atoms with Crippen molar-refractivity contribution in [3.8, 4) is 0 Å². The van der Waals surface area contributed by atoms with Gasteiger partial charge in [-0.25, -0.2) is 4.99 Å². The highest BCUT2D eigenvalue weighted by molar-refractivity contribution is 14.0. The van der Waals surface area contributed by atoms with E-state index >= 15 is 0 Å². The second-order valence-corrected chi connectivity index (χ2v) is 7.21. The van der Waals surface area contributed by atoms with Crippen LogP contribution in [0.4, 0.5) is 5.69 Å². The zero-order valence-electron chi connectivity index (χ0n) is 17.6. The van der Waals surface area contributed by atoms with E-state index in [0.717, 1.165) is 65.0 Å². The summed E-state index contributed by atoms with van der Waals surface area (Å²) in [4.78, 5) is 7.06. The third-order valence-corrected chi connectivity index (χ3v) is 4.29. The molecule has 1 fully saturated rings. The summed E-state index contributed by atoms with van der Waals surface area (Å²) >= 11 is 0. The minimum Gasteiger partial charge on any atom is -0.381 e. The first-order valence-electron chi connectivity index (χ1n) is 10.2. The van der Waals surface area contributed by atoms with Crippen LogP contribution in [-0.4, -0.2) is 58.6 Å². The molecule has 0 aromatic heterocycles. The Morgan fingerprint density at radius 2 is 1.89 bits per heavy atom. The van der Waals surface area contributed by atoms with Crippen LogP contribution < -0.4 is 15.5 Å². The Bertz CT molecular complexity index is 546. The standard InChI is InChI=1S/C21H36N4O2.HI/c1-4-22-21(23-10-5-13-27-17-18(2)3)24-16-19-6-8-20(9-7-19)25-11-14-26-15-12-25;/h6-9,18H,4-5,10-17H2,1-3H3,(H2,22,23,24);1H. The van der Waals surface area contributed by atoms with E-state index in [1.165, 1.54) is 11.3 Å². The third-order valence-electron chi connectivity index (χ3n) is 4.29. The predicted molar refractivity (Wildman–Crippen MR) is 128 cm³/mol. The summed E-state index contributed by atoms with van der Waals surface area (Å²) in [5.74, 6) is 1.45. The lowest BCUT2D eigenvalue weighted by Crippen LogP contribution is -2.38. The maximum atomic E-state index is 5.62. The molecule has 0 radical (unpaired) electrons. The number of nitrogens with zero attached hydrogens (tertiary/aromatic N) is 2. The second-order valence-electron chi connectivity index (χ2n) is 7.21. The Kier molecular flexibility index (Phi) is 13.3. The Morgan fingerprint density at radius 1 is 1.18 bits per heavy atom. The van der Waals surface area contributed by atoms with Gasteiger partial charge in [0, 0.05) is 45.1 Å². The number of benzene rings is 1. The summed E-state index contributed by atoms with van der Waals surface area (Å²) in [5, 5.41) is 6.68. The fourth-order valence-corrected chi connectivity index (χ4v) is 2.85. The minimum absolute atomic E-state index is 0. The van der Waals surface area contributed by atoms with E-state index in [-0.39, 0.29) is 24.0 Å². The van der Waals surface area contributed by atoms with Crippen LogP contribution in [0.25, 0.3) is 0 Å². The van der Waals surface area contributed by atoms with Crippen molar-refractivity contribution < 1.29 is 9.47 Å². The maximum absolute atomic E-state index is 5.62. The number of guanidine groups is 1. The average Bonchev–Trinajstić information content (AvgIpc) is 2.69. The lowest BCUT2D eigenvalue weighted by Gasteiger charge is -2.28. The van der Waals surface area contributed by atoms with E-state index < -0.39 is 0 Å². The molecule has 1 saturated heterocycles. The van der Waals surface area contributed by atoms with Gasteiger partial charge in [0.25, 0.3) is 0 Å². The Labute approximate surface area is 187 Å². The van der Waals surface area contributed by atoms with E-state index in [1.54, 1.807) is 0 Å². The van der Waals surface area contributed by atoms with E-state index in [2.05, 4.69) is 60.6 Å². The highest BCUT2D eigenvalue weighted by Gasteiger charge is 2.10. The molecule has 28 heavy (non-hydrogen) atoms. The number of morpholine rings is 1. The van der Waals surface area contributed by atoms with Crippen molar-refractivity contribution in [3.63, 3.8) is 0 Å². The van der Waals surface area contributed by atoms with Gasteiger partial charge in [0.15, 0.2) is 5.96 Å². The molecule has 0 amide bonds. The van der Waals surface area contributed by atoms with E-state index in [1.807, 2.05) is 0 Å². The molecule has 0 bridgehead atoms. The molecule has 1 aromatic carbocycles. The second kappa shape index (κ2) is 14.9. The van der Waals surface area contributed by atoms with E-state index in [9.17, 15) is 0 Å². The topological polar surface area (TPSA) is 58.1 Å². The zero-order valence-corrected chi connectivity index (χ0v) is 19.9. The normalized spacial score (nSPS) is 14.7. The number of ether oxygens (including phenoxy) is 2. The number of aliphatic imine (C=N–C) groups is 1. The maximum Gasteiger partial charge on any atom is 0.191 e. The molecule has 0 unspecified atom stereocenters. The van der Waals surface area contributed by atoms with Gasteiger partial charge in [0.2, 0.25) is 0 Å². The summed E-state index contributed by atoms with van der Waals surface area (Å²) in [5.41, 5.74) is 2.47. The van der Waals surface area contributed by atoms with Crippen molar-refractivity contribution in [2.75, 3.05) is 57.5 Å². The first kappa shape index (κ1) is 25.0. The van der Waals surface area contributed by atoms with Gasteiger partial charge in [-0.15, -0.1) is 24.0 Å². The average molecular weight is 504 g/mol. The fraction of sp³-hybridized carbons (Fsp3) is 0.667. The van der Waals surface area contributed by atoms with Gasteiger partial charge >= 0.3 is 0 Å². The van der Waals surface area contributed by atoms with Crippen molar-refractivity contribution >= 4 is 35.6 Å². The molecule has 2 N–H and O–H groups in total. The largest absolute Gasteiger partial charge is 0.381 e. The van der Waals surface area contributed by atoms with Gasteiger partial charge in [-0.05, 0) is 37.0 Å². The molecule has 1 aromatic rings. The molecule has 0 aliphatic carbocycles. The molecule has 2 rings (SSSR count). The molecule has 1 aliphatic heterocycles. The number of anilines is 1. The number of halogens is 1. The summed E-state index contributed by atoms with van der Waals surface area (Å²) < 4.78 is 11.0. The summed E-state index contributed by atoms with van der Waals surface area (Å²) in [6.45, 7) is 14.0. The molecule has 160 valence electrons. The first-order chi connectivity index (χ1) is 13.2. The van der Waals surface area contributed by atoms with Gasteiger partial charge in [-0.2, -0.15) is 0 Å². The molecule has 6 nitrogen and oxygen atoms in total. The monoisotopic (exact) mass is 504 g/mol. The molecule has 0 spiro atoms. The lowest BCUT2D eigenvalue weighted by atomic mass is 10.2.